The van der Waals surface area contributed by atoms with Gasteiger partial charge in [-0.05, 0) is 11.4 Å². The molecule has 1 N–H and O–H groups in total. The second-order valence-electron chi connectivity index (χ2n) is 5.88. The van der Waals surface area contributed by atoms with Crippen molar-refractivity contribution in [3.05, 3.63) is 71.9 Å². The number of nitrogens with one attached hydrogen (secondary N) is 1. The van der Waals surface area contributed by atoms with Crippen LogP contribution in [0.1, 0.15) is 18.0 Å². The number of hydrogen-bond donors (Lipinski definition) is 1. The summed E-state index contributed by atoms with van der Waals surface area (Å²) in [6.07, 6.45) is 3.99. The van der Waals surface area contributed by atoms with E-state index in [1.807, 2.05) is 47.8 Å². The van der Waals surface area contributed by atoms with Crippen molar-refractivity contribution in [1.82, 2.24) is 15.3 Å². The van der Waals surface area contributed by atoms with Crippen LogP contribution in [-0.4, -0.2) is 15.9 Å². The fraction of sp³-hybridized carbons (Fsp3) is 0.150. The van der Waals surface area contributed by atoms with Crippen LogP contribution in [0.3, 0.4) is 0 Å². The topological polar surface area (TPSA) is 81.2 Å². The number of aryl methyl sites for hydroxylation is 1. The number of oxazole rings is 2. The molecule has 0 aliphatic carbocycles. The van der Waals surface area contributed by atoms with Gasteiger partial charge in [-0.25, -0.2) is 9.97 Å². The first kappa shape index (κ1) is 17.2. The average Bonchev–Trinajstić information content (AvgIpc) is 3.47. The molecule has 0 aliphatic rings. The lowest BCUT2D eigenvalue weighted by molar-refractivity contribution is -0.121. The van der Waals surface area contributed by atoms with Crippen LogP contribution < -0.4 is 5.32 Å². The first-order chi connectivity index (χ1) is 13.3. The number of rotatable bonds is 7. The number of carbonyl (C=O) groups is 1. The third-order valence-corrected chi connectivity index (χ3v) is 4.79. The molecule has 0 radical (unpaired) electrons. The van der Waals surface area contributed by atoms with Crippen molar-refractivity contribution in [3.8, 4) is 22.1 Å². The standard InChI is InChI=1S/C20H17N3O3S/c24-18(21-11-15-13-25-20(23-15)17-7-4-10-27-17)8-9-19-22-12-16(26-19)14-5-2-1-3-6-14/h1-7,10,12-13H,8-9,11H2,(H,21,24). The zero-order valence-electron chi connectivity index (χ0n) is 14.4. The van der Waals surface area contributed by atoms with Crippen molar-refractivity contribution >= 4 is 17.2 Å². The predicted molar refractivity (Wildman–Crippen MR) is 102 cm³/mol. The van der Waals surface area contributed by atoms with Crippen LogP contribution in [0.4, 0.5) is 0 Å². The van der Waals surface area contributed by atoms with Gasteiger partial charge in [0.15, 0.2) is 11.7 Å². The average molecular weight is 379 g/mol. The Bertz CT molecular complexity index is 1010. The lowest BCUT2D eigenvalue weighted by atomic mass is 10.2. The molecule has 7 heteroatoms. The van der Waals surface area contributed by atoms with Gasteiger partial charge in [0, 0.05) is 18.4 Å². The van der Waals surface area contributed by atoms with Gasteiger partial charge >= 0.3 is 0 Å². The number of carbonyl (C=O) groups excluding carboxylic acids is 1. The number of aromatic nitrogens is 2. The molecule has 0 aliphatic heterocycles. The first-order valence-electron chi connectivity index (χ1n) is 8.53. The summed E-state index contributed by atoms with van der Waals surface area (Å²) in [5.41, 5.74) is 1.66. The molecule has 0 unspecified atom stereocenters. The van der Waals surface area contributed by atoms with Crippen molar-refractivity contribution in [2.75, 3.05) is 0 Å². The summed E-state index contributed by atoms with van der Waals surface area (Å²) >= 11 is 1.56. The molecular formula is C20H17N3O3S. The van der Waals surface area contributed by atoms with E-state index in [9.17, 15) is 4.79 Å². The molecule has 0 bridgehead atoms. The Hall–Kier alpha value is -3.19. The quantitative estimate of drug-likeness (QED) is 0.517. The van der Waals surface area contributed by atoms with Crippen LogP contribution in [0.25, 0.3) is 22.1 Å². The number of hydrogen-bond acceptors (Lipinski definition) is 6. The van der Waals surface area contributed by atoms with E-state index in [1.54, 1.807) is 23.8 Å². The minimum atomic E-state index is -0.0878. The Morgan fingerprint density at radius 2 is 2.04 bits per heavy atom. The van der Waals surface area contributed by atoms with Crippen molar-refractivity contribution in [2.24, 2.45) is 0 Å². The maximum atomic E-state index is 12.1. The summed E-state index contributed by atoms with van der Waals surface area (Å²) in [6, 6.07) is 13.6. The SMILES string of the molecule is O=C(CCc1ncc(-c2ccccc2)o1)NCc1coc(-c2cccs2)n1. The zero-order valence-corrected chi connectivity index (χ0v) is 15.2. The molecule has 0 atom stereocenters. The van der Waals surface area contributed by atoms with Crippen molar-refractivity contribution in [1.29, 1.82) is 0 Å². The van der Waals surface area contributed by atoms with Crippen LogP contribution in [0, 0.1) is 0 Å². The molecule has 1 amide bonds. The lowest BCUT2D eigenvalue weighted by Crippen LogP contribution is -2.23. The van der Waals surface area contributed by atoms with Crippen molar-refractivity contribution < 1.29 is 13.6 Å². The van der Waals surface area contributed by atoms with Gasteiger partial charge in [-0.2, -0.15) is 0 Å². The van der Waals surface area contributed by atoms with Crippen LogP contribution in [0.5, 0.6) is 0 Å². The van der Waals surface area contributed by atoms with Gasteiger partial charge in [-0.15, -0.1) is 11.3 Å². The van der Waals surface area contributed by atoms with Gasteiger partial charge in [0.05, 0.1) is 23.3 Å². The smallest absolute Gasteiger partial charge is 0.236 e. The van der Waals surface area contributed by atoms with E-state index in [-0.39, 0.29) is 5.91 Å². The highest BCUT2D eigenvalue weighted by Crippen LogP contribution is 2.23. The number of amides is 1. The minimum Gasteiger partial charge on any atom is -0.443 e. The molecule has 4 rings (SSSR count). The van der Waals surface area contributed by atoms with Gasteiger partial charge in [-0.3, -0.25) is 4.79 Å². The fourth-order valence-corrected chi connectivity index (χ4v) is 3.22. The van der Waals surface area contributed by atoms with E-state index in [1.165, 1.54) is 0 Å². The number of benzene rings is 1. The van der Waals surface area contributed by atoms with Crippen LogP contribution >= 0.6 is 11.3 Å². The van der Waals surface area contributed by atoms with Gasteiger partial charge < -0.3 is 14.2 Å². The summed E-state index contributed by atoms with van der Waals surface area (Å²) in [4.78, 5) is 21.6. The minimum absolute atomic E-state index is 0.0878. The Labute approximate surface area is 159 Å². The molecule has 0 saturated carbocycles. The summed E-state index contributed by atoms with van der Waals surface area (Å²) in [6.45, 7) is 0.328. The van der Waals surface area contributed by atoms with Crippen LogP contribution in [-0.2, 0) is 17.8 Å². The highest BCUT2D eigenvalue weighted by atomic mass is 32.1. The summed E-state index contributed by atoms with van der Waals surface area (Å²) < 4.78 is 11.1. The van der Waals surface area contributed by atoms with E-state index in [0.717, 1.165) is 10.4 Å². The molecule has 0 fully saturated rings. The zero-order chi connectivity index (χ0) is 18.5. The molecular weight excluding hydrogens is 362 g/mol. The van der Waals surface area contributed by atoms with E-state index in [4.69, 9.17) is 8.83 Å². The largest absolute Gasteiger partial charge is 0.443 e. The van der Waals surface area contributed by atoms with Crippen molar-refractivity contribution in [3.63, 3.8) is 0 Å². The number of nitrogens with zero attached hydrogens (tertiary/aromatic N) is 2. The Balaban J connectivity index is 1.26. The summed E-state index contributed by atoms with van der Waals surface area (Å²) in [5.74, 6) is 1.73. The van der Waals surface area contributed by atoms with Crippen LogP contribution in [0.15, 0.2) is 69.1 Å². The molecule has 0 saturated heterocycles. The predicted octanol–water partition coefficient (Wildman–Crippen LogP) is 4.31. The van der Waals surface area contributed by atoms with Gasteiger partial charge in [0.1, 0.15) is 6.26 Å². The van der Waals surface area contributed by atoms with E-state index in [2.05, 4.69) is 15.3 Å². The molecule has 27 heavy (non-hydrogen) atoms. The van der Waals surface area contributed by atoms with Crippen LogP contribution in [0.2, 0.25) is 0 Å². The normalized spacial score (nSPS) is 10.8. The molecule has 1 aromatic carbocycles. The van der Waals surface area contributed by atoms with E-state index >= 15 is 0 Å². The molecule has 6 nitrogen and oxygen atoms in total. The Morgan fingerprint density at radius 1 is 1.15 bits per heavy atom. The van der Waals surface area contributed by atoms with Gasteiger partial charge in [0.25, 0.3) is 0 Å². The Kier molecular flexibility index (Phi) is 5.11. The first-order valence-corrected chi connectivity index (χ1v) is 9.41. The van der Waals surface area contributed by atoms with E-state index < -0.39 is 0 Å². The van der Waals surface area contributed by atoms with E-state index in [0.29, 0.717) is 42.6 Å². The number of thiophene rings is 1. The second-order valence-corrected chi connectivity index (χ2v) is 6.83. The van der Waals surface area contributed by atoms with Gasteiger partial charge in [0.2, 0.25) is 11.8 Å². The summed E-state index contributed by atoms with van der Waals surface area (Å²) in [5, 5.41) is 4.80. The Morgan fingerprint density at radius 3 is 2.85 bits per heavy atom. The second kappa shape index (κ2) is 8.01. The monoisotopic (exact) mass is 379 g/mol. The molecule has 3 heterocycles. The molecule has 4 aromatic rings. The third kappa shape index (κ3) is 4.32. The highest BCUT2D eigenvalue weighted by molar-refractivity contribution is 7.13. The van der Waals surface area contributed by atoms with Crippen molar-refractivity contribution in [2.45, 2.75) is 19.4 Å². The highest BCUT2D eigenvalue weighted by Gasteiger charge is 2.11. The van der Waals surface area contributed by atoms with Gasteiger partial charge in [-0.1, -0.05) is 36.4 Å². The summed E-state index contributed by atoms with van der Waals surface area (Å²) in [7, 11) is 0. The molecule has 0 spiro atoms. The maximum Gasteiger partial charge on any atom is 0.236 e. The maximum absolute atomic E-state index is 12.1. The third-order valence-electron chi connectivity index (χ3n) is 3.93. The lowest BCUT2D eigenvalue weighted by Gasteiger charge is -2.01. The molecule has 136 valence electrons. The molecule has 3 aromatic heterocycles. The fourth-order valence-electron chi connectivity index (χ4n) is 2.56.